The molecule has 1 aromatic heterocycles. The third kappa shape index (κ3) is 3.89. The molecule has 3 rings (SSSR count). The molecule has 0 unspecified atom stereocenters. The van der Waals surface area contributed by atoms with E-state index in [0.717, 1.165) is 6.42 Å². The van der Waals surface area contributed by atoms with Gasteiger partial charge in [-0.2, -0.15) is 0 Å². The summed E-state index contributed by atoms with van der Waals surface area (Å²) in [5.41, 5.74) is 0.586. The summed E-state index contributed by atoms with van der Waals surface area (Å²) in [4.78, 5) is 29.6. The molecule has 1 heterocycles. The van der Waals surface area contributed by atoms with Crippen molar-refractivity contribution >= 4 is 28.6 Å². The number of thioether (sulfide) groups is 1. The Morgan fingerprint density at radius 3 is 2.80 bits per heavy atom. The molecule has 1 aliphatic carbocycles. The van der Waals surface area contributed by atoms with Gasteiger partial charge in [-0.3, -0.25) is 14.2 Å². The van der Waals surface area contributed by atoms with Crippen LogP contribution in [0.25, 0.3) is 10.9 Å². The zero-order chi connectivity index (χ0) is 18.0. The van der Waals surface area contributed by atoms with Crippen LogP contribution in [-0.4, -0.2) is 26.8 Å². The first-order valence-corrected chi connectivity index (χ1v) is 9.78. The summed E-state index contributed by atoms with van der Waals surface area (Å²) in [6, 6.07) is 7.57. The fourth-order valence-electron chi connectivity index (χ4n) is 3.35. The molecular formula is C19H25N3O2S. The molecular weight excluding hydrogens is 334 g/mol. The molecule has 1 saturated carbocycles. The fraction of sp³-hybridized carbons (Fsp3) is 0.526. The molecule has 25 heavy (non-hydrogen) atoms. The van der Waals surface area contributed by atoms with Crippen molar-refractivity contribution in [1.82, 2.24) is 14.9 Å². The van der Waals surface area contributed by atoms with E-state index in [0.29, 0.717) is 22.0 Å². The van der Waals surface area contributed by atoms with Crippen molar-refractivity contribution in [3.8, 4) is 0 Å². The van der Waals surface area contributed by atoms with E-state index >= 15 is 0 Å². The standard InChI is InChI=1S/C19H25N3O2S/c1-12-8-4-6-10-15(12)20-17(23)13(2)25-19-21-16-11-7-5-9-14(16)18(24)22(19)3/h5,7,9,11-13,15H,4,6,8,10H2,1-3H3,(H,20,23)/t12-,13+,15-/m0/s1. The highest BCUT2D eigenvalue weighted by atomic mass is 32.2. The van der Waals surface area contributed by atoms with Crippen molar-refractivity contribution in [2.75, 3.05) is 0 Å². The Bertz CT molecular complexity index is 833. The first kappa shape index (κ1) is 18.0. The van der Waals surface area contributed by atoms with Crippen molar-refractivity contribution in [2.24, 2.45) is 13.0 Å². The van der Waals surface area contributed by atoms with E-state index in [-0.39, 0.29) is 22.8 Å². The quantitative estimate of drug-likeness (QED) is 0.673. The van der Waals surface area contributed by atoms with Crippen molar-refractivity contribution in [3.05, 3.63) is 34.6 Å². The van der Waals surface area contributed by atoms with Crippen molar-refractivity contribution < 1.29 is 4.79 Å². The molecule has 0 saturated heterocycles. The maximum atomic E-state index is 12.6. The lowest BCUT2D eigenvalue weighted by Crippen LogP contribution is -2.44. The van der Waals surface area contributed by atoms with E-state index in [9.17, 15) is 9.59 Å². The molecule has 0 aliphatic heterocycles. The van der Waals surface area contributed by atoms with E-state index in [2.05, 4.69) is 17.2 Å². The van der Waals surface area contributed by atoms with Gasteiger partial charge >= 0.3 is 0 Å². The summed E-state index contributed by atoms with van der Waals surface area (Å²) in [7, 11) is 1.71. The Morgan fingerprint density at radius 1 is 1.32 bits per heavy atom. The lowest BCUT2D eigenvalue weighted by atomic mass is 9.86. The number of carbonyl (C=O) groups excluding carboxylic acids is 1. The average molecular weight is 359 g/mol. The van der Waals surface area contributed by atoms with E-state index < -0.39 is 0 Å². The Balaban J connectivity index is 1.75. The molecule has 134 valence electrons. The first-order valence-electron chi connectivity index (χ1n) is 8.90. The maximum absolute atomic E-state index is 12.6. The number of carbonyl (C=O) groups is 1. The Hall–Kier alpha value is -1.82. The zero-order valence-corrected chi connectivity index (χ0v) is 15.8. The molecule has 1 N–H and O–H groups in total. The number of aromatic nitrogens is 2. The van der Waals surface area contributed by atoms with Crippen molar-refractivity contribution in [2.45, 2.75) is 56.0 Å². The minimum atomic E-state index is -0.298. The van der Waals surface area contributed by atoms with Gasteiger partial charge in [0.2, 0.25) is 5.91 Å². The van der Waals surface area contributed by atoms with Gasteiger partial charge < -0.3 is 5.32 Å². The van der Waals surface area contributed by atoms with Crippen molar-refractivity contribution in [1.29, 1.82) is 0 Å². The predicted octanol–water partition coefficient (Wildman–Crippen LogP) is 3.11. The summed E-state index contributed by atoms with van der Waals surface area (Å²) in [5, 5.41) is 4.06. The van der Waals surface area contributed by atoms with Gasteiger partial charge in [0.1, 0.15) is 0 Å². The normalized spacial score (nSPS) is 21.9. The van der Waals surface area contributed by atoms with E-state index in [1.54, 1.807) is 13.1 Å². The van der Waals surface area contributed by atoms with Crippen LogP contribution in [0.5, 0.6) is 0 Å². The zero-order valence-electron chi connectivity index (χ0n) is 15.0. The highest BCUT2D eigenvalue weighted by molar-refractivity contribution is 8.00. The number of nitrogens with one attached hydrogen (secondary N) is 1. The number of hydrogen-bond acceptors (Lipinski definition) is 4. The Labute approximate surface area is 152 Å². The maximum Gasteiger partial charge on any atom is 0.261 e. The summed E-state index contributed by atoms with van der Waals surface area (Å²) in [6.45, 7) is 4.07. The summed E-state index contributed by atoms with van der Waals surface area (Å²) in [5.74, 6) is 0.546. The molecule has 0 bridgehead atoms. The lowest BCUT2D eigenvalue weighted by molar-refractivity contribution is -0.121. The Morgan fingerprint density at radius 2 is 2.04 bits per heavy atom. The SMILES string of the molecule is C[C@@H](Sc1nc2ccccc2c(=O)n1C)C(=O)N[C@H]1CCCC[C@@H]1C. The number of benzene rings is 1. The molecule has 6 heteroatoms. The second kappa shape index (κ2) is 7.60. The second-order valence-corrected chi connectivity index (χ2v) is 8.22. The number of hydrogen-bond donors (Lipinski definition) is 1. The number of rotatable bonds is 4. The molecule has 5 nitrogen and oxygen atoms in total. The Kier molecular flexibility index (Phi) is 5.47. The van der Waals surface area contributed by atoms with Gasteiger partial charge in [0.25, 0.3) is 5.56 Å². The van der Waals surface area contributed by atoms with Gasteiger partial charge in [-0.15, -0.1) is 0 Å². The van der Waals surface area contributed by atoms with Crippen LogP contribution >= 0.6 is 11.8 Å². The minimum Gasteiger partial charge on any atom is -0.352 e. The average Bonchev–Trinajstić information content (AvgIpc) is 2.61. The monoisotopic (exact) mass is 359 g/mol. The topological polar surface area (TPSA) is 64.0 Å². The van der Waals surface area contributed by atoms with Crippen molar-refractivity contribution in [3.63, 3.8) is 0 Å². The van der Waals surface area contributed by atoms with Crippen LogP contribution in [0, 0.1) is 5.92 Å². The predicted molar refractivity (Wildman–Crippen MR) is 102 cm³/mol. The van der Waals surface area contributed by atoms with Crippen LogP contribution in [0.2, 0.25) is 0 Å². The third-order valence-corrected chi connectivity index (χ3v) is 6.18. The minimum absolute atomic E-state index is 0.0196. The number of amides is 1. The highest BCUT2D eigenvalue weighted by Gasteiger charge is 2.26. The van der Waals surface area contributed by atoms with Gasteiger partial charge in [-0.25, -0.2) is 4.98 Å². The number of nitrogens with zero attached hydrogens (tertiary/aromatic N) is 2. The molecule has 0 radical (unpaired) electrons. The molecule has 0 spiro atoms. The first-order chi connectivity index (χ1) is 12.0. The van der Waals surface area contributed by atoms with Crippen LogP contribution in [0.3, 0.4) is 0 Å². The molecule has 1 aliphatic rings. The van der Waals surface area contributed by atoms with Gasteiger partial charge in [-0.05, 0) is 37.8 Å². The smallest absolute Gasteiger partial charge is 0.261 e. The van der Waals surface area contributed by atoms with Crippen LogP contribution in [0.15, 0.2) is 34.2 Å². The molecule has 2 aromatic rings. The van der Waals surface area contributed by atoms with Crippen LogP contribution in [0.1, 0.15) is 39.5 Å². The third-order valence-electron chi connectivity index (χ3n) is 5.03. The lowest BCUT2D eigenvalue weighted by Gasteiger charge is -2.30. The molecule has 3 atom stereocenters. The summed E-state index contributed by atoms with van der Waals surface area (Å²) < 4.78 is 1.53. The number of para-hydroxylation sites is 1. The highest BCUT2D eigenvalue weighted by Crippen LogP contribution is 2.26. The van der Waals surface area contributed by atoms with Gasteiger partial charge in [-0.1, -0.05) is 43.7 Å². The summed E-state index contributed by atoms with van der Waals surface area (Å²) in [6.07, 6.45) is 4.66. The van der Waals surface area contributed by atoms with E-state index in [1.807, 2.05) is 25.1 Å². The van der Waals surface area contributed by atoms with Crippen LogP contribution in [-0.2, 0) is 11.8 Å². The number of fused-ring (bicyclic) bond motifs is 1. The second-order valence-electron chi connectivity index (χ2n) is 6.91. The van der Waals surface area contributed by atoms with E-state index in [1.165, 1.54) is 35.6 Å². The van der Waals surface area contributed by atoms with Gasteiger partial charge in [0, 0.05) is 13.1 Å². The largest absolute Gasteiger partial charge is 0.352 e. The van der Waals surface area contributed by atoms with Crippen LogP contribution < -0.4 is 10.9 Å². The molecule has 1 fully saturated rings. The van der Waals surface area contributed by atoms with Gasteiger partial charge in [0.05, 0.1) is 16.2 Å². The summed E-state index contributed by atoms with van der Waals surface area (Å²) >= 11 is 1.34. The van der Waals surface area contributed by atoms with Gasteiger partial charge in [0.15, 0.2) is 5.16 Å². The fourth-order valence-corrected chi connectivity index (χ4v) is 4.23. The molecule has 1 amide bonds. The molecule has 1 aromatic carbocycles. The van der Waals surface area contributed by atoms with Crippen LogP contribution in [0.4, 0.5) is 0 Å². The van der Waals surface area contributed by atoms with E-state index in [4.69, 9.17) is 0 Å².